The average Bonchev–Trinajstić information content (AvgIpc) is 2.76. The summed E-state index contributed by atoms with van der Waals surface area (Å²) in [4.78, 5) is 46.7. The predicted molar refractivity (Wildman–Crippen MR) is 85.2 cm³/mol. The standard InChI is InChI=1S/C15H17FN4O5/c1-8(2)5-12-14(22)19(15(23)18-12)7-13(21)17-11-6-9(20(24)25)3-4-10(11)16/h3-4,6,8,12H,5,7H2,1-2H3,(H,17,21)(H,18,23). The van der Waals surface area contributed by atoms with Crippen molar-refractivity contribution >= 4 is 29.2 Å². The van der Waals surface area contributed by atoms with Crippen molar-refractivity contribution < 1.29 is 23.7 Å². The Morgan fingerprint density at radius 3 is 2.72 bits per heavy atom. The molecule has 4 amide bonds. The summed E-state index contributed by atoms with van der Waals surface area (Å²) in [7, 11) is 0. The molecule has 1 unspecified atom stereocenters. The van der Waals surface area contributed by atoms with Gasteiger partial charge in [-0.15, -0.1) is 0 Å². The molecule has 1 aliphatic heterocycles. The lowest BCUT2D eigenvalue weighted by molar-refractivity contribution is -0.384. The molecule has 1 saturated heterocycles. The molecule has 0 spiro atoms. The number of halogens is 1. The topological polar surface area (TPSA) is 122 Å². The summed E-state index contributed by atoms with van der Waals surface area (Å²) < 4.78 is 13.7. The number of hydrogen-bond donors (Lipinski definition) is 2. The van der Waals surface area contributed by atoms with Crippen LogP contribution in [0.2, 0.25) is 0 Å². The SMILES string of the molecule is CC(C)CC1NC(=O)N(CC(=O)Nc2cc([N+](=O)[O-])ccc2F)C1=O. The molecule has 2 rings (SSSR count). The molecular formula is C15H17FN4O5. The third kappa shape index (κ3) is 4.28. The molecule has 1 aromatic carbocycles. The van der Waals surface area contributed by atoms with Crippen LogP contribution in [0.3, 0.4) is 0 Å². The predicted octanol–water partition coefficient (Wildman–Crippen LogP) is 1.64. The second-order valence-electron chi connectivity index (χ2n) is 6.03. The fourth-order valence-electron chi connectivity index (χ4n) is 2.41. The van der Waals surface area contributed by atoms with E-state index in [0.29, 0.717) is 6.42 Å². The Bertz CT molecular complexity index is 737. The van der Waals surface area contributed by atoms with Crippen LogP contribution < -0.4 is 10.6 Å². The van der Waals surface area contributed by atoms with Gasteiger partial charge in [0.05, 0.1) is 10.6 Å². The Kier molecular flexibility index (Phi) is 5.30. The first-order valence-corrected chi connectivity index (χ1v) is 7.54. The largest absolute Gasteiger partial charge is 0.326 e. The lowest BCUT2D eigenvalue weighted by atomic mass is 10.0. The van der Waals surface area contributed by atoms with Gasteiger partial charge < -0.3 is 10.6 Å². The molecule has 1 fully saturated rings. The molecule has 9 nitrogen and oxygen atoms in total. The Balaban J connectivity index is 2.05. The van der Waals surface area contributed by atoms with Crippen molar-refractivity contribution in [3.63, 3.8) is 0 Å². The molecule has 0 saturated carbocycles. The zero-order chi connectivity index (χ0) is 18.7. The second kappa shape index (κ2) is 7.24. The fourth-order valence-corrected chi connectivity index (χ4v) is 2.41. The van der Waals surface area contributed by atoms with Crippen LogP contribution in [0.25, 0.3) is 0 Å². The van der Waals surface area contributed by atoms with Crippen molar-refractivity contribution in [1.82, 2.24) is 10.2 Å². The quantitative estimate of drug-likeness (QED) is 0.458. The number of carbonyl (C=O) groups excluding carboxylic acids is 3. The molecule has 1 aliphatic rings. The number of hydrogen-bond acceptors (Lipinski definition) is 5. The van der Waals surface area contributed by atoms with Gasteiger partial charge >= 0.3 is 6.03 Å². The Morgan fingerprint density at radius 1 is 1.44 bits per heavy atom. The number of carbonyl (C=O) groups is 3. The summed E-state index contributed by atoms with van der Waals surface area (Å²) in [5.41, 5.74) is -0.798. The van der Waals surface area contributed by atoms with Crippen LogP contribution in [0.1, 0.15) is 20.3 Å². The third-order valence-corrected chi connectivity index (χ3v) is 3.55. The van der Waals surface area contributed by atoms with Crippen molar-refractivity contribution in [1.29, 1.82) is 0 Å². The first-order valence-electron chi connectivity index (χ1n) is 7.54. The molecule has 25 heavy (non-hydrogen) atoms. The summed E-state index contributed by atoms with van der Waals surface area (Å²) in [6, 6.07) is 1.26. The molecule has 2 N–H and O–H groups in total. The van der Waals surface area contributed by atoms with E-state index in [2.05, 4.69) is 10.6 Å². The highest BCUT2D eigenvalue weighted by Gasteiger charge is 2.39. The number of nitrogens with zero attached hydrogens (tertiary/aromatic N) is 2. The molecule has 1 heterocycles. The van der Waals surface area contributed by atoms with Gasteiger partial charge in [-0.05, 0) is 18.4 Å². The number of benzene rings is 1. The molecule has 134 valence electrons. The van der Waals surface area contributed by atoms with Crippen molar-refractivity contribution in [2.24, 2.45) is 5.92 Å². The third-order valence-electron chi connectivity index (χ3n) is 3.55. The number of amides is 4. The van der Waals surface area contributed by atoms with Gasteiger partial charge in [0.25, 0.3) is 11.6 Å². The lowest BCUT2D eigenvalue weighted by Gasteiger charge is -2.14. The van der Waals surface area contributed by atoms with Crippen LogP contribution >= 0.6 is 0 Å². The van der Waals surface area contributed by atoms with Crippen molar-refractivity contribution in [2.45, 2.75) is 26.3 Å². The van der Waals surface area contributed by atoms with Gasteiger partial charge in [-0.1, -0.05) is 13.8 Å². The van der Waals surface area contributed by atoms with Gasteiger partial charge in [0.2, 0.25) is 5.91 Å². The zero-order valence-corrected chi connectivity index (χ0v) is 13.6. The molecule has 0 aromatic heterocycles. The number of nitrogens with one attached hydrogen (secondary N) is 2. The van der Waals surface area contributed by atoms with Crippen LogP contribution in [0.4, 0.5) is 20.6 Å². The van der Waals surface area contributed by atoms with Gasteiger partial charge in [0.1, 0.15) is 18.4 Å². The molecular weight excluding hydrogens is 335 g/mol. The van der Waals surface area contributed by atoms with E-state index in [-0.39, 0.29) is 5.92 Å². The lowest BCUT2D eigenvalue weighted by Crippen LogP contribution is -2.38. The van der Waals surface area contributed by atoms with E-state index < -0.39 is 52.5 Å². The van der Waals surface area contributed by atoms with Crippen molar-refractivity contribution in [3.8, 4) is 0 Å². The summed E-state index contributed by atoms with van der Waals surface area (Å²) in [5, 5.41) is 15.3. The molecule has 0 bridgehead atoms. The number of imide groups is 1. The van der Waals surface area contributed by atoms with E-state index in [1.54, 1.807) is 0 Å². The average molecular weight is 352 g/mol. The van der Waals surface area contributed by atoms with Crippen LogP contribution in [0.5, 0.6) is 0 Å². The van der Waals surface area contributed by atoms with Crippen molar-refractivity contribution in [3.05, 3.63) is 34.1 Å². The van der Waals surface area contributed by atoms with Gasteiger partial charge in [0.15, 0.2) is 0 Å². The van der Waals surface area contributed by atoms with Crippen LogP contribution in [-0.2, 0) is 9.59 Å². The van der Waals surface area contributed by atoms with E-state index in [4.69, 9.17) is 0 Å². The molecule has 1 aromatic rings. The van der Waals surface area contributed by atoms with Gasteiger partial charge in [-0.3, -0.25) is 24.6 Å². The monoisotopic (exact) mass is 352 g/mol. The highest BCUT2D eigenvalue weighted by Crippen LogP contribution is 2.21. The van der Waals surface area contributed by atoms with E-state index >= 15 is 0 Å². The molecule has 0 aliphatic carbocycles. The number of non-ortho nitro benzene ring substituents is 1. The van der Waals surface area contributed by atoms with Gasteiger partial charge in [0, 0.05) is 12.1 Å². The Labute approximate surface area is 142 Å². The fraction of sp³-hybridized carbons (Fsp3) is 0.400. The maximum absolute atomic E-state index is 13.7. The summed E-state index contributed by atoms with van der Waals surface area (Å²) in [5.74, 6) is -2.07. The maximum atomic E-state index is 13.7. The number of rotatable bonds is 6. The van der Waals surface area contributed by atoms with Crippen LogP contribution in [-0.4, -0.2) is 40.3 Å². The smallest absolute Gasteiger partial charge is 0.325 e. The maximum Gasteiger partial charge on any atom is 0.325 e. The summed E-state index contributed by atoms with van der Waals surface area (Å²) in [6.07, 6.45) is 0.433. The van der Waals surface area contributed by atoms with Crippen LogP contribution in [0, 0.1) is 21.8 Å². The number of anilines is 1. The minimum absolute atomic E-state index is 0.169. The Hall–Kier alpha value is -3.04. The summed E-state index contributed by atoms with van der Waals surface area (Å²) >= 11 is 0. The van der Waals surface area contributed by atoms with E-state index in [1.165, 1.54) is 0 Å². The highest BCUT2D eigenvalue weighted by atomic mass is 19.1. The number of nitro groups is 1. The second-order valence-corrected chi connectivity index (χ2v) is 6.03. The van der Waals surface area contributed by atoms with Gasteiger partial charge in [-0.2, -0.15) is 0 Å². The first kappa shape index (κ1) is 18.3. The normalized spacial score (nSPS) is 17.0. The van der Waals surface area contributed by atoms with E-state index in [9.17, 15) is 28.9 Å². The minimum Gasteiger partial charge on any atom is -0.326 e. The molecule has 0 radical (unpaired) electrons. The highest BCUT2D eigenvalue weighted by molar-refractivity contribution is 6.07. The minimum atomic E-state index is -0.867. The van der Waals surface area contributed by atoms with E-state index in [0.717, 1.165) is 23.1 Å². The van der Waals surface area contributed by atoms with Crippen molar-refractivity contribution in [2.75, 3.05) is 11.9 Å². The van der Waals surface area contributed by atoms with Crippen LogP contribution in [0.15, 0.2) is 18.2 Å². The molecule has 10 heteroatoms. The van der Waals surface area contributed by atoms with Gasteiger partial charge in [-0.25, -0.2) is 9.18 Å². The number of nitro benzene ring substituents is 1. The first-order chi connectivity index (χ1) is 11.7. The Morgan fingerprint density at radius 2 is 2.12 bits per heavy atom. The molecule has 1 atom stereocenters. The summed E-state index contributed by atoms with van der Waals surface area (Å²) in [6.45, 7) is 3.17. The number of urea groups is 1. The zero-order valence-electron chi connectivity index (χ0n) is 13.6. The van der Waals surface area contributed by atoms with E-state index in [1.807, 2.05) is 13.8 Å².